The van der Waals surface area contributed by atoms with E-state index in [2.05, 4.69) is 20.8 Å². The molecule has 1 unspecified atom stereocenters. The van der Waals surface area contributed by atoms with E-state index in [1.54, 1.807) is 16.8 Å². The molecule has 1 aromatic carbocycles. The summed E-state index contributed by atoms with van der Waals surface area (Å²) in [5.41, 5.74) is 0.978. The van der Waals surface area contributed by atoms with Gasteiger partial charge in [-0.1, -0.05) is 12.1 Å². The van der Waals surface area contributed by atoms with E-state index in [4.69, 9.17) is 0 Å². The second-order valence-corrected chi connectivity index (χ2v) is 4.13. The van der Waals surface area contributed by atoms with Crippen LogP contribution in [0.25, 0.3) is 0 Å². The minimum atomic E-state index is -0.421. The monoisotopic (exact) mass is 262 g/mol. The van der Waals surface area contributed by atoms with Crippen molar-refractivity contribution in [3.05, 3.63) is 45.8 Å². The molecule has 0 fully saturated rings. The fourth-order valence-corrected chi connectivity index (χ4v) is 1.66. The van der Waals surface area contributed by atoms with Gasteiger partial charge < -0.3 is 5.32 Å². The zero-order chi connectivity index (χ0) is 13.8. The van der Waals surface area contributed by atoms with E-state index in [1.807, 2.05) is 14.0 Å². The molecule has 0 radical (unpaired) electrons. The SMILES string of the molecule is CNC(C)c1nnnn1Cc1ccc([N+](=O)[O-])cc1. The number of tetrazole rings is 1. The Morgan fingerprint density at radius 2 is 2.11 bits per heavy atom. The highest BCUT2D eigenvalue weighted by Gasteiger charge is 2.13. The number of rotatable bonds is 5. The molecule has 8 nitrogen and oxygen atoms in total. The molecule has 0 aliphatic rings. The molecule has 1 heterocycles. The number of non-ortho nitro benzene ring substituents is 1. The van der Waals surface area contributed by atoms with Crippen molar-refractivity contribution in [2.75, 3.05) is 7.05 Å². The lowest BCUT2D eigenvalue weighted by molar-refractivity contribution is -0.384. The molecule has 19 heavy (non-hydrogen) atoms. The van der Waals surface area contributed by atoms with E-state index in [9.17, 15) is 10.1 Å². The maximum Gasteiger partial charge on any atom is 0.269 e. The van der Waals surface area contributed by atoms with Crippen molar-refractivity contribution in [2.45, 2.75) is 19.5 Å². The molecule has 1 N–H and O–H groups in total. The van der Waals surface area contributed by atoms with Crippen LogP contribution in [0.3, 0.4) is 0 Å². The van der Waals surface area contributed by atoms with Crippen LogP contribution in [0.5, 0.6) is 0 Å². The first-order valence-corrected chi connectivity index (χ1v) is 5.78. The minimum absolute atomic E-state index is 0.0352. The molecule has 0 aliphatic heterocycles. The predicted octanol–water partition coefficient (Wildman–Crippen LogP) is 0.910. The van der Waals surface area contributed by atoms with Gasteiger partial charge in [-0.05, 0) is 30.0 Å². The van der Waals surface area contributed by atoms with Crippen LogP contribution in [-0.2, 0) is 6.54 Å². The van der Waals surface area contributed by atoms with Crippen LogP contribution in [-0.4, -0.2) is 32.2 Å². The van der Waals surface area contributed by atoms with Crippen molar-refractivity contribution in [1.82, 2.24) is 25.5 Å². The third-order valence-electron chi connectivity index (χ3n) is 2.86. The largest absolute Gasteiger partial charge is 0.311 e. The van der Waals surface area contributed by atoms with Gasteiger partial charge in [0.25, 0.3) is 5.69 Å². The van der Waals surface area contributed by atoms with Gasteiger partial charge in [-0.3, -0.25) is 10.1 Å². The Bertz CT molecular complexity index is 565. The third kappa shape index (κ3) is 2.91. The topological polar surface area (TPSA) is 98.8 Å². The Morgan fingerprint density at radius 1 is 1.42 bits per heavy atom. The molecule has 0 saturated heterocycles. The summed E-state index contributed by atoms with van der Waals surface area (Å²) >= 11 is 0. The summed E-state index contributed by atoms with van der Waals surface area (Å²) < 4.78 is 1.67. The number of aromatic nitrogens is 4. The maximum absolute atomic E-state index is 10.6. The van der Waals surface area contributed by atoms with Gasteiger partial charge in [-0.25, -0.2) is 4.68 Å². The number of nitrogens with one attached hydrogen (secondary N) is 1. The number of nitrogens with zero attached hydrogens (tertiary/aromatic N) is 5. The molecule has 2 aromatic rings. The first-order chi connectivity index (χ1) is 9.11. The second kappa shape index (κ2) is 5.53. The standard InChI is InChI=1S/C11H14N6O2/c1-8(12-2)11-13-14-15-16(11)7-9-3-5-10(6-4-9)17(18)19/h3-6,8,12H,7H2,1-2H3. The molecule has 100 valence electrons. The third-order valence-corrected chi connectivity index (χ3v) is 2.86. The first kappa shape index (κ1) is 13.1. The van der Waals surface area contributed by atoms with Crippen molar-refractivity contribution < 1.29 is 4.92 Å². The van der Waals surface area contributed by atoms with E-state index in [1.165, 1.54) is 12.1 Å². The summed E-state index contributed by atoms with van der Waals surface area (Å²) in [7, 11) is 1.83. The molecule has 0 saturated carbocycles. The van der Waals surface area contributed by atoms with E-state index in [0.29, 0.717) is 6.54 Å². The molecule has 0 amide bonds. The van der Waals surface area contributed by atoms with Gasteiger partial charge in [0.2, 0.25) is 0 Å². The molecule has 2 rings (SSSR count). The number of nitro benzene ring substituents is 1. The summed E-state index contributed by atoms with van der Waals surface area (Å²) in [6, 6.07) is 6.39. The summed E-state index contributed by atoms with van der Waals surface area (Å²) in [5, 5.41) is 25.2. The Labute approximate surface area is 109 Å². The average molecular weight is 262 g/mol. The number of benzene rings is 1. The lowest BCUT2D eigenvalue weighted by atomic mass is 10.2. The highest BCUT2D eigenvalue weighted by molar-refractivity contribution is 5.32. The van der Waals surface area contributed by atoms with Gasteiger partial charge in [0.1, 0.15) is 0 Å². The molecule has 8 heteroatoms. The summed E-state index contributed by atoms with van der Waals surface area (Å²) in [6.07, 6.45) is 0. The van der Waals surface area contributed by atoms with Crippen molar-refractivity contribution >= 4 is 5.69 Å². The average Bonchev–Trinajstić information content (AvgIpc) is 2.86. The zero-order valence-corrected chi connectivity index (χ0v) is 10.6. The molecular formula is C11H14N6O2. The van der Waals surface area contributed by atoms with Crippen LogP contribution in [0.15, 0.2) is 24.3 Å². The van der Waals surface area contributed by atoms with Crippen LogP contribution >= 0.6 is 0 Å². The van der Waals surface area contributed by atoms with Crippen LogP contribution in [0.1, 0.15) is 24.4 Å². The molecular weight excluding hydrogens is 248 g/mol. The van der Waals surface area contributed by atoms with Crippen molar-refractivity contribution in [3.8, 4) is 0 Å². The molecule has 0 spiro atoms. The van der Waals surface area contributed by atoms with E-state index < -0.39 is 4.92 Å². The van der Waals surface area contributed by atoms with E-state index in [0.717, 1.165) is 11.4 Å². The van der Waals surface area contributed by atoms with Crippen LogP contribution in [0.4, 0.5) is 5.69 Å². The van der Waals surface area contributed by atoms with Crippen LogP contribution in [0, 0.1) is 10.1 Å². The lowest BCUT2D eigenvalue weighted by Crippen LogP contribution is -2.19. The Kier molecular flexibility index (Phi) is 3.81. The maximum atomic E-state index is 10.6. The summed E-state index contributed by atoms with van der Waals surface area (Å²) in [5.74, 6) is 0.723. The number of nitro groups is 1. The Hall–Kier alpha value is -2.35. The van der Waals surface area contributed by atoms with Gasteiger partial charge in [-0.2, -0.15) is 0 Å². The molecule has 1 aromatic heterocycles. The lowest BCUT2D eigenvalue weighted by Gasteiger charge is -2.10. The Morgan fingerprint density at radius 3 is 2.68 bits per heavy atom. The van der Waals surface area contributed by atoms with Gasteiger partial charge in [0, 0.05) is 12.1 Å². The molecule has 0 aliphatic carbocycles. The zero-order valence-electron chi connectivity index (χ0n) is 10.6. The van der Waals surface area contributed by atoms with Gasteiger partial charge in [-0.15, -0.1) is 5.10 Å². The van der Waals surface area contributed by atoms with E-state index in [-0.39, 0.29) is 11.7 Å². The first-order valence-electron chi connectivity index (χ1n) is 5.78. The fourth-order valence-electron chi connectivity index (χ4n) is 1.66. The van der Waals surface area contributed by atoms with Crippen LogP contribution < -0.4 is 5.32 Å². The highest BCUT2D eigenvalue weighted by Crippen LogP contribution is 2.14. The highest BCUT2D eigenvalue weighted by atomic mass is 16.6. The van der Waals surface area contributed by atoms with Crippen LogP contribution in [0.2, 0.25) is 0 Å². The van der Waals surface area contributed by atoms with Gasteiger partial charge in [0.05, 0.1) is 17.5 Å². The van der Waals surface area contributed by atoms with Crippen molar-refractivity contribution in [2.24, 2.45) is 0 Å². The second-order valence-electron chi connectivity index (χ2n) is 4.13. The normalized spacial score (nSPS) is 12.3. The van der Waals surface area contributed by atoms with Gasteiger partial charge >= 0.3 is 0 Å². The van der Waals surface area contributed by atoms with Gasteiger partial charge in [0.15, 0.2) is 5.82 Å². The summed E-state index contributed by atoms with van der Waals surface area (Å²) in [4.78, 5) is 10.1. The minimum Gasteiger partial charge on any atom is -0.311 e. The fraction of sp³-hybridized carbons (Fsp3) is 0.364. The number of hydrogen-bond acceptors (Lipinski definition) is 6. The Balaban J connectivity index is 2.17. The smallest absolute Gasteiger partial charge is 0.269 e. The quantitative estimate of drug-likeness (QED) is 0.635. The van der Waals surface area contributed by atoms with E-state index >= 15 is 0 Å². The molecule has 1 atom stereocenters. The summed E-state index contributed by atoms with van der Waals surface area (Å²) in [6.45, 7) is 2.43. The van der Waals surface area contributed by atoms with Crippen molar-refractivity contribution in [1.29, 1.82) is 0 Å². The molecule has 0 bridgehead atoms. The van der Waals surface area contributed by atoms with Crippen molar-refractivity contribution in [3.63, 3.8) is 0 Å². The predicted molar refractivity (Wildman–Crippen MR) is 67.5 cm³/mol. The number of hydrogen-bond donors (Lipinski definition) is 1.